The first-order valence-corrected chi connectivity index (χ1v) is 7.55. The molecule has 0 bridgehead atoms. The van der Waals surface area contributed by atoms with Crippen LogP contribution in [0.1, 0.15) is 26.2 Å². The van der Waals surface area contributed by atoms with Crippen LogP contribution in [-0.4, -0.2) is 51.4 Å². The van der Waals surface area contributed by atoms with Gasteiger partial charge in [-0.1, -0.05) is 6.92 Å². The lowest BCUT2D eigenvalue weighted by molar-refractivity contribution is -0.179. The fraction of sp³-hybridized carbons (Fsp3) is 1.00. The van der Waals surface area contributed by atoms with Gasteiger partial charge in [0.1, 0.15) is 0 Å². The number of nitrogens with zero attached hydrogens (tertiary/aromatic N) is 1. The van der Waals surface area contributed by atoms with Crippen molar-refractivity contribution in [3.8, 4) is 0 Å². The molecule has 0 atom stereocenters. The van der Waals surface area contributed by atoms with Gasteiger partial charge in [-0.2, -0.15) is 12.7 Å². The van der Waals surface area contributed by atoms with Crippen LogP contribution in [0.15, 0.2) is 0 Å². The minimum atomic E-state index is -3.39. The van der Waals surface area contributed by atoms with E-state index in [0.717, 1.165) is 19.3 Å². The van der Waals surface area contributed by atoms with E-state index in [-0.39, 0.29) is 0 Å². The summed E-state index contributed by atoms with van der Waals surface area (Å²) in [5.74, 6) is -0.695. The first-order valence-electron chi connectivity index (χ1n) is 6.11. The second kappa shape index (κ2) is 5.19. The zero-order valence-corrected chi connectivity index (χ0v) is 11.0. The molecule has 0 aromatic carbocycles. The predicted molar refractivity (Wildman–Crippen MR) is 62.7 cm³/mol. The van der Waals surface area contributed by atoms with Crippen LogP contribution in [0.5, 0.6) is 0 Å². The van der Waals surface area contributed by atoms with Crippen LogP contribution < -0.4 is 4.72 Å². The number of hydrogen-bond donors (Lipinski definition) is 1. The molecule has 1 spiro atoms. The average Bonchev–Trinajstić information content (AvgIpc) is 2.75. The highest BCUT2D eigenvalue weighted by molar-refractivity contribution is 7.87. The first-order chi connectivity index (χ1) is 8.08. The van der Waals surface area contributed by atoms with Crippen molar-refractivity contribution in [2.45, 2.75) is 32.0 Å². The van der Waals surface area contributed by atoms with E-state index in [1.54, 1.807) is 0 Å². The third-order valence-electron chi connectivity index (χ3n) is 3.07. The van der Waals surface area contributed by atoms with Gasteiger partial charge < -0.3 is 9.47 Å². The van der Waals surface area contributed by atoms with Crippen molar-refractivity contribution in [1.82, 2.24) is 9.03 Å². The molecule has 100 valence electrons. The van der Waals surface area contributed by atoms with Gasteiger partial charge in [0.15, 0.2) is 5.79 Å². The number of ether oxygens (including phenoxy) is 2. The van der Waals surface area contributed by atoms with Crippen molar-refractivity contribution in [1.29, 1.82) is 0 Å². The molecular weight excluding hydrogens is 244 g/mol. The second-order valence-corrected chi connectivity index (χ2v) is 6.20. The van der Waals surface area contributed by atoms with E-state index in [1.807, 2.05) is 6.92 Å². The molecule has 0 unspecified atom stereocenters. The third-order valence-corrected chi connectivity index (χ3v) is 4.63. The standard InChI is InChI=1S/C10H20N2O4S/c1-2-5-11-17(13,14)12-6-3-4-10(9-12)15-7-8-16-10/h11H,2-9H2,1H3. The summed E-state index contributed by atoms with van der Waals surface area (Å²) in [6, 6.07) is 0. The smallest absolute Gasteiger partial charge is 0.279 e. The fourth-order valence-corrected chi connectivity index (χ4v) is 3.59. The number of rotatable bonds is 4. The van der Waals surface area contributed by atoms with Gasteiger partial charge in [-0.3, -0.25) is 0 Å². The van der Waals surface area contributed by atoms with Crippen LogP contribution >= 0.6 is 0 Å². The highest BCUT2D eigenvalue weighted by Crippen LogP contribution is 2.30. The molecule has 0 aromatic rings. The van der Waals surface area contributed by atoms with E-state index >= 15 is 0 Å². The van der Waals surface area contributed by atoms with Crippen molar-refractivity contribution in [3.05, 3.63) is 0 Å². The van der Waals surface area contributed by atoms with Crippen molar-refractivity contribution in [2.75, 3.05) is 32.8 Å². The Kier molecular flexibility index (Phi) is 4.04. The van der Waals surface area contributed by atoms with Crippen LogP contribution in [0, 0.1) is 0 Å². The molecule has 0 aliphatic carbocycles. The van der Waals surface area contributed by atoms with Gasteiger partial charge in [-0.15, -0.1) is 0 Å². The SMILES string of the molecule is CCCNS(=O)(=O)N1CCCC2(C1)OCCO2. The number of piperidine rings is 1. The lowest BCUT2D eigenvalue weighted by atomic mass is 10.1. The lowest BCUT2D eigenvalue weighted by Gasteiger charge is -2.37. The van der Waals surface area contributed by atoms with Crippen LogP contribution in [0.4, 0.5) is 0 Å². The van der Waals surface area contributed by atoms with E-state index in [0.29, 0.717) is 32.8 Å². The highest BCUT2D eigenvalue weighted by atomic mass is 32.2. The molecule has 0 aromatic heterocycles. The van der Waals surface area contributed by atoms with Crippen molar-refractivity contribution < 1.29 is 17.9 Å². The van der Waals surface area contributed by atoms with Crippen molar-refractivity contribution >= 4 is 10.2 Å². The summed E-state index contributed by atoms with van der Waals surface area (Å²) in [6.07, 6.45) is 2.32. The largest absolute Gasteiger partial charge is 0.346 e. The molecule has 17 heavy (non-hydrogen) atoms. The molecule has 2 saturated heterocycles. The third kappa shape index (κ3) is 2.97. The van der Waals surface area contributed by atoms with Crippen LogP contribution in [-0.2, 0) is 19.7 Å². The van der Waals surface area contributed by atoms with Crippen molar-refractivity contribution in [3.63, 3.8) is 0 Å². The van der Waals surface area contributed by atoms with Crippen LogP contribution in [0.3, 0.4) is 0 Å². The molecule has 2 heterocycles. The summed E-state index contributed by atoms with van der Waals surface area (Å²) in [7, 11) is -3.39. The van der Waals surface area contributed by atoms with Gasteiger partial charge in [0.25, 0.3) is 10.2 Å². The maximum atomic E-state index is 12.0. The Labute approximate surface area is 102 Å². The minimum Gasteiger partial charge on any atom is -0.346 e. The first kappa shape index (κ1) is 13.2. The summed E-state index contributed by atoms with van der Waals surface area (Å²) < 4.78 is 39.1. The topological polar surface area (TPSA) is 67.9 Å². The Balaban J connectivity index is 2.01. The molecule has 6 nitrogen and oxygen atoms in total. The van der Waals surface area contributed by atoms with Gasteiger partial charge >= 0.3 is 0 Å². The molecule has 2 aliphatic heterocycles. The maximum absolute atomic E-state index is 12.0. The Morgan fingerprint density at radius 2 is 2.06 bits per heavy atom. The van der Waals surface area contributed by atoms with Gasteiger partial charge in [-0.05, 0) is 12.8 Å². The predicted octanol–water partition coefficient (Wildman–Crippen LogP) is 0.0697. The molecule has 7 heteroatoms. The van der Waals surface area contributed by atoms with Gasteiger partial charge in [-0.25, -0.2) is 4.72 Å². The second-order valence-electron chi connectivity index (χ2n) is 4.44. The fourth-order valence-electron chi connectivity index (χ4n) is 2.21. The summed E-state index contributed by atoms with van der Waals surface area (Å²) >= 11 is 0. The maximum Gasteiger partial charge on any atom is 0.279 e. The Bertz CT molecular complexity index is 351. The van der Waals surface area contributed by atoms with Gasteiger partial charge in [0.05, 0.1) is 19.8 Å². The van der Waals surface area contributed by atoms with Crippen molar-refractivity contribution in [2.24, 2.45) is 0 Å². The van der Waals surface area contributed by atoms with Crippen LogP contribution in [0.25, 0.3) is 0 Å². The monoisotopic (exact) mass is 264 g/mol. The summed E-state index contributed by atoms with van der Waals surface area (Å²) in [5.41, 5.74) is 0. The molecule has 0 amide bonds. The Morgan fingerprint density at radius 1 is 1.35 bits per heavy atom. The van der Waals surface area contributed by atoms with E-state index in [9.17, 15) is 8.42 Å². The number of hydrogen-bond acceptors (Lipinski definition) is 4. The zero-order valence-electron chi connectivity index (χ0n) is 10.1. The normalized spacial score (nSPS) is 25.5. The summed E-state index contributed by atoms with van der Waals surface area (Å²) in [4.78, 5) is 0. The molecule has 2 aliphatic rings. The van der Waals surface area contributed by atoms with Gasteiger partial charge in [0.2, 0.25) is 0 Å². The van der Waals surface area contributed by atoms with E-state index in [2.05, 4.69) is 4.72 Å². The van der Waals surface area contributed by atoms with Crippen LogP contribution in [0.2, 0.25) is 0 Å². The molecule has 2 rings (SSSR count). The number of nitrogens with one attached hydrogen (secondary N) is 1. The zero-order chi connectivity index (χ0) is 12.4. The van der Waals surface area contributed by atoms with E-state index < -0.39 is 16.0 Å². The molecule has 2 fully saturated rings. The summed E-state index contributed by atoms with van der Waals surface area (Å²) in [6.45, 7) is 4.34. The highest BCUT2D eigenvalue weighted by Gasteiger charge is 2.43. The molecular formula is C10H20N2O4S. The van der Waals surface area contributed by atoms with E-state index in [4.69, 9.17) is 9.47 Å². The Hall–Kier alpha value is -0.210. The quantitative estimate of drug-likeness (QED) is 0.780. The minimum absolute atomic E-state index is 0.298. The molecule has 0 saturated carbocycles. The van der Waals surface area contributed by atoms with E-state index in [1.165, 1.54) is 4.31 Å². The molecule has 1 N–H and O–H groups in total. The lowest BCUT2D eigenvalue weighted by Crippen LogP contribution is -2.53. The Morgan fingerprint density at radius 3 is 2.71 bits per heavy atom. The summed E-state index contributed by atoms with van der Waals surface area (Å²) in [5, 5.41) is 0. The molecule has 0 radical (unpaired) electrons. The van der Waals surface area contributed by atoms with Gasteiger partial charge in [0, 0.05) is 19.5 Å². The average molecular weight is 264 g/mol.